The third-order valence-corrected chi connectivity index (χ3v) is 4.39. The van der Waals surface area contributed by atoms with Crippen LogP contribution in [0.4, 0.5) is 0 Å². The van der Waals surface area contributed by atoms with Gasteiger partial charge in [-0.25, -0.2) is 0 Å². The van der Waals surface area contributed by atoms with Crippen LogP contribution in [0.3, 0.4) is 0 Å². The quantitative estimate of drug-likeness (QED) is 0.895. The molecular formula is C14H24N4O. The number of likely N-dealkylation sites (tertiary alicyclic amines) is 1. The molecule has 2 fully saturated rings. The second-order valence-electron chi connectivity index (χ2n) is 5.80. The highest BCUT2D eigenvalue weighted by atomic mass is 16.5. The molecule has 0 aromatic carbocycles. The summed E-state index contributed by atoms with van der Waals surface area (Å²) in [7, 11) is 0. The van der Waals surface area contributed by atoms with Crippen LogP contribution in [0.2, 0.25) is 0 Å². The summed E-state index contributed by atoms with van der Waals surface area (Å²) in [5.74, 6) is 2.40. The Kier molecular flexibility index (Phi) is 4.13. The lowest BCUT2D eigenvalue weighted by molar-refractivity contribution is 0.141. The number of nitrogens with one attached hydrogen (secondary N) is 1. The van der Waals surface area contributed by atoms with Crippen molar-refractivity contribution >= 4 is 0 Å². The van der Waals surface area contributed by atoms with Crippen LogP contribution in [0.25, 0.3) is 0 Å². The monoisotopic (exact) mass is 264 g/mol. The highest BCUT2D eigenvalue weighted by molar-refractivity contribution is 4.90. The Balaban J connectivity index is 1.55. The molecule has 2 atom stereocenters. The normalized spacial score (nSPS) is 28.9. The minimum atomic E-state index is 0.735. The highest BCUT2D eigenvalue weighted by Crippen LogP contribution is 2.25. The largest absolute Gasteiger partial charge is 0.339 e. The van der Waals surface area contributed by atoms with Crippen LogP contribution in [0, 0.1) is 5.92 Å². The number of hydrogen-bond donors (Lipinski definition) is 1. The summed E-state index contributed by atoms with van der Waals surface area (Å²) in [6, 6.07) is 0.735. The van der Waals surface area contributed by atoms with Gasteiger partial charge in [0, 0.05) is 19.0 Å². The van der Waals surface area contributed by atoms with Gasteiger partial charge in [-0.15, -0.1) is 0 Å². The van der Waals surface area contributed by atoms with E-state index in [9.17, 15) is 0 Å². The van der Waals surface area contributed by atoms with E-state index < -0.39 is 0 Å². The van der Waals surface area contributed by atoms with E-state index in [-0.39, 0.29) is 0 Å². The molecule has 0 amide bonds. The molecule has 3 heterocycles. The molecule has 19 heavy (non-hydrogen) atoms. The molecule has 0 radical (unpaired) electrons. The van der Waals surface area contributed by atoms with E-state index in [1.54, 1.807) is 0 Å². The summed E-state index contributed by atoms with van der Waals surface area (Å²) < 4.78 is 5.18. The number of nitrogens with zero attached hydrogens (tertiary/aromatic N) is 3. The van der Waals surface area contributed by atoms with Crippen LogP contribution >= 0.6 is 0 Å². The average Bonchev–Trinajstić information content (AvgIpc) is 3.10. The standard InChI is InChI=1S/C14H24N4O/c1-2-14-16-13(17-19-14)10-18-8-4-5-11(9-18)12-6-3-7-15-12/h11-12,15H,2-10H2,1H3. The van der Waals surface area contributed by atoms with E-state index in [0.717, 1.165) is 36.6 Å². The summed E-state index contributed by atoms with van der Waals surface area (Å²) in [5.41, 5.74) is 0. The molecule has 106 valence electrons. The number of aryl methyl sites for hydroxylation is 1. The van der Waals surface area contributed by atoms with Crippen LogP contribution in [0.15, 0.2) is 4.52 Å². The Morgan fingerprint density at radius 1 is 1.37 bits per heavy atom. The Hall–Kier alpha value is -0.940. The van der Waals surface area contributed by atoms with Gasteiger partial charge < -0.3 is 9.84 Å². The fourth-order valence-corrected chi connectivity index (χ4v) is 3.38. The lowest BCUT2D eigenvalue weighted by Gasteiger charge is -2.35. The molecule has 0 saturated carbocycles. The zero-order valence-electron chi connectivity index (χ0n) is 11.8. The molecule has 2 aliphatic rings. The van der Waals surface area contributed by atoms with Gasteiger partial charge >= 0.3 is 0 Å². The lowest BCUT2D eigenvalue weighted by Crippen LogP contribution is -2.43. The smallest absolute Gasteiger partial charge is 0.226 e. The molecule has 3 rings (SSSR count). The molecule has 5 nitrogen and oxygen atoms in total. The first kappa shape index (κ1) is 13.1. The van der Waals surface area contributed by atoms with Gasteiger partial charge in [-0.1, -0.05) is 12.1 Å². The van der Waals surface area contributed by atoms with E-state index in [0.29, 0.717) is 0 Å². The van der Waals surface area contributed by atoms with Gasteiger partial charge in [0.1, 0.15) is 0 Å². The molecule has 0 aliphatic carbocycles. The Morgan fingerprint density at radius 3 is 3.05 bits per heavy atom. The summed E-state index contributed by atoms with van der Waals surface area (Å²) >= 11 is 0. The van der Waals surface area contributed by atoms with Gasteiger partial charge in [-0.05, 0) is 44.7 Å². The minimum Gasteiger partial charge on any atom is -0.339 e. The second kappa shape index (κ2) is 6.01. The van der Waals surface area contributed by atoms with Crippen molar-refractivity contribution in [2.75, 3.05) is 19.6 Å². The van der Waals surface area contributed by atoms with Crippen molar-refractivity contribution in [1.82, 2.24) is 20.4 Å². The maximum Gasteiger partial charge on any atom is 0.226 e. The summed E-state index contributed by atoms with van der Waals surface area (Å²) in [4.78, 5) is 6.89. The van der Waals surface area contributed by atoms with E-state index in [2.05, 4.69) is 20.4 Å². The predicted molar refractivity (Wildman–Crippen MR) is 72.7 cm³/mol. The average molecular weight is 264 g/mol. The van der Waals surface area contributed by atoms with Crippen LogP contribution < -0.4 is 5.32 Å². The van der Waals surface area contributed by atoms with Crippen molar-refractivity contribution in [1.29, 1.82) is 0 Å². The van der Waals surface area contributed by atoms with Gasteiger partial charge in [0.05, 0.1) is 6.54 Å². The number of piperidine rings is 1. The van der Waals surface area contributed by atoms with Crippen molar-refractivity contribution < 1.29 is 4.52 Å². The van der Waals surface area contributed by atoms with E-state index >= 15 is 0 Å². The SMILES string of the molecule is CCc1nc(CN2CCCC(C3CCCN3)C2)no1. The zero-order valence-corrected chi connectivity index (χ0v) is 11.8. The van der Waals surface area contributed by atoms with E-state index in [1.807, 2.05) is 6.92 Å². The topological polar surface area (TPSA) is 54.2 Å². The molecule has 0 bridgehead atoms. The fourth-order valence-electron chi connectivity index (χ4n) is 3.38. The first-order chi connectivity index (χ1) is 9.35. The molecule has 1 N–H and O–H groups in total. The zero-order chi connectivity index (χ0) is 13.1. The Morgan fingerprint density at radius 2 is 2.32 bits per heavy atom. The minimum absolute atomic E-state index is 0.735. The Labute approximate surface area is 114 Å². The fraction of sp³-hybridized carbons (Fsp3) is 0.857. The van der Waals surface area contributed by atoms with Crippen molar-refractivity contribution in [2.24, 2.45) is 5.92 Å². The highest BCUT2D eigenvalue weighted by Gasteiger charge is 2.29. The maximum absolute atomic E-state index is 5.18. The predicted octanol–water partition coefficient (Wildman–Crippen LogP) is 1.60. The number of rotatable bonds is 4. The molecule has 2 saturated heterocycles. The third-order valence-electron chi connectivity index (χ3n) is 4.39. The number of hydrogen-bond acceptors (Lipinski definition) is 5. The van der Waals surface area contributed by atoms with Gasteiger partial charge in [-0.2, -0.15) is 4.98 Å². The summed E-state index contributed by atoms with van der Waals surface area (Å²) in [5, 5.41) is 7.71. The van der Waals surface area contributed by atoms with Gasteiger partial charge in [0.25, 0.3) is 0 Å². The van der Waals surface area contributed by atoms with Crippen LogP contribution in [-0.2, 0) is 13.0 Å². The van der Waals surface area contributed by atoms with Crippen LogP contribution in [0.1, 0.15) is 44.3 Å². The first-order valence-corrected chi connectivity index (χ1v) is 7.62. The molecular weight excluding hydrogens is 240 g/mol. The molecule has 2 aliphatic heterocycles. The molecule has 1 aromatic rings. The first-order valence-electron chi connectivity index (χ1n) is 7.62. The molecule has 0 spiro atoms. The van der Waals surface area contributed by atoms with Gasteiger partial charge in [0.2, 0.25) is 5.89 Å². The summed E-state index contributed by atoms with van der Waals surface area (Å²) in [6.45, 7) is 6.42. The van der Waals surface area contributed by atoms with Gasteiger partial charge in [0.15, 0.2) is 5.82 Å². The maximum atomic E-state index is 5.18. The van der Waals surface area contributed by atoms with Crippen LogP contribution in [0.5, 0.6) is 0 Å². The number of aromatic nitrogens is 2. The van der Waals surface area contributed by atoms with Crippen molar-refractivity contribution in [3.63, 3.8) is 0 Å². The van der Waals surface area contributed by atoms with Crippen molar-refractivity contribution in [3.05, 3.63) is 11.7 Å². The third kappa shape index (κ3) is 3.15. The van der Waals surface area contributed by atoms with E-state index in [1.165, 1.54) is 45.3 Å². The molecule has 1 aromatic heterocycles. The van der Waals surface area contributed by atoms with Crippen molar-refractivity contribution in [2.45, 2.75) is 51.6 Å². The molecule has 2 unspecified atom stereocenters. The lowest BCUT2D eigenvalue weighted by atomic mass is 9.90. The summed E-state index contributed by atoms with van der Waals surface area (Å²) in [6.07, 6.45) is 6.16. The Bertz CT molecular complexity index is 400. The van der Waals surface area contributed by atoms with E-state index in [4.69, 9.17) is 4.52 Å². The van der Waals surface area contributed by atoms with Crippen LogP contribution in [-0.4, -0.2) is 40.7 Å². The van der Waals surface area contributed by atoms with Gasteiger partial charge in [-0.3, -0.25) is 4.90 Å². The van der Waals surface area contributed by atoms with Crippen molar-refractivity contribution in [3.8, 4) is 0 Å². The molecule has 5 heteroatoms. The second-order valence-corrected chi connectivity index (χ2v) is 5.80.